The third kappa shape index (κ3) is 3.50. The van der Waals surface area contributed by atoms with Crippen molar-refractivity contribution in [1.29, 1.82) is 0 Å². The summed E-state index contributed by atoms with van der Waals surface area (Å²) in [5.41, 5.74) is 0. The van der Waals surface area contributed by atoms with Crippen LogP contribution in [0.1, 0.15) is 0 Å². The molecule has 0 spiro atoms. The highest BCUT2D eigenvalue weighted by molar-refractivity contribution is 8.01. The average molecular weight is 219 g/mol. The van der Waals surface area contributed by atoms with Gasteiger partial charge in [0.05, 0.1) is 6.61 Å². The van der Waals surface area contributed by atoms with Crippen LogP contribution in [0.25, 0.3) is 0 Å². The number of rotatable bonds is 5. The molecule has 1 heterocycles. The van der Waals surface area contributed by atoms with E-state index < -0.39 is 0 Å². The Balaban J connectivity index is 2.40. The third-order valence-electron chi connectivity index (χ3n) is 1.29. The van der Waals surface area contributed by atoms with Crippen LogP contribution >= 0.6 is 23.1 Å². The van der Waals surface area contributed by atoms with E-state index in [0.29, 0.717) is 0 Å². The van der Waals surface area contributed by atoms with Crippen LogP contribution in [0.3, 0.4) is 0 Å². The van der Waals surface area contributed by atoms with Crippen molar-refractivity contribution in [2.24, 2.45) is 0 Å². The van der Waals surface area contributed by atoms with Gasteiger partial charge in [-0.3, -0.25) is 0 Å². The van der Waals surface area contributed by atoms with Gasteiger partial charge in [0, 0.05) is 27.0 Å². The van der Waals surface area contributed by atoms with Crippen molar-refractivity contribution in [1.82, 2.24) is 10.2 Å². The molecule has 1 aromatic rings. The first-order chi connectivity index (χ1) is 6.24. The molecule has 0 aliphatic rings. The Morgan fingerprint density at radius 2 is 2.23 bits per heavy atom. The van der Waals surface area contributed by atoms with Crippen molar-refractivity contribution in [2.75, 3.05) is 38.5 Å². The Hall–Kier alpha value is -0.330. The molecule has 1 rings (SSSR count). The van der Waals surface area contributed by atoms with Crippen LogP contribution in [0.2, 0.25) is 0 Å². The predicted octanol–water partition coefficient (Wildman–Crippen LogP) is 1.34. The molecule has 74 valence electrons. The van der Waals surface area contributed by atoms with Crippen molar-refractivity contribution in [3.8, 4) is 0 Å². The summed E-state index contributed by atoms with van der Waals surface area (Å²) in [6.45, 7) is 0.752. The van der Waals surface area contributed by atoms with E-state index in [4.69, 9.17) is 4.74 Å². The molecule has 6 heteroatoms. The second kappa shape index (κ2) is 5.41. The van der Waals surface area contributed by atoms with E-state index >= 15 is 0 Å². The molecule has 0 aromatic carbocycles. The standard InChI is InChI=1S/C7H13N3OS2/c1-10(2)6-8-9-7(13-6)12-5-4-11-3/h4-5H2,1-3H3. The van der Waals surface area contributed by atoms with E-state index in [-0.39, 0.29) is 0 Å². The monoisotopic (exact) mass is 219 g/mol. The topological polar surface area (TPSA) is 38.3 Å². The van der Waals surface area contributed by atoms with E-state index in [2.05, 4.69) is 10.2 Å². The quantitative estimate of drug-likeness (QED) is 0.552. The zero-order chi connectivity index (χ0) is 9.68. The summed E-state index contributed by atoms with van der Waals surface area (Å²) in [6.07, 6.45) is 0. The Morgan fingerprint density at radius 1 is 1.46 bits per heavy atom. The number of hydrogen-bond donors (Lipinski definition) is 0. The van der Waals surface area contributed by atoms with E-state index in [1.54, 1.807) is 30.2 Å². The lowest BCUT2D eigenvalue weighted by Gasteiger charge is -2.03. The highest BCUT2D eigenvalue weighted by atomic mass is 32.2. The molecule has 0 N–H and O–H groups in total. The van der Waals surface area contributed by atoms with Crippen LogP contribution < -0.4 is 4.90 Å². The fourth-order valence-electron chi connectivity index (χ4n) is 0.654. The van der Waals surface area contributed by atoms with Gasteiger partial charge in [-0.1, -0.05) is 23.1 Å². The van der Waals surface area contributed by atoms with Crippen molar-refractivity contribution in [2.45, 2.75) is 4.34 Å². The molecule has 0 radical (unpaired) electrons. The van der Waals surface area contributed by atoms with Gasteiger partial charge >= 0.3 is 0 Å². The van der Waals surface area contributed by atoms with Gasteiger partial charge < -0.3 is 9.64 Å². The van der Waals surface area contributed by atoms with Crippen LogP contribution in [0.4, 0.5) is 5.13 Å². The SMILES string of the molecule is COCCSc1nnc(N(C)C)s1. The van der Waals surface area contributed by atoms with Crippen LogP contribution in [0, 0.1) is 0 Å². The fourth-order valence-corrected chi connectivity index (χ4v) is 2.39. The Kier molecular flexibility index (Phi) is 4.47. The molecule has 0 aliphatic heterocycles. The normalized spacial score (nSPS) is 10.4. The second-order valence-electron chi connectivity index (χ2n) is 2.59. The average Bonchev–Trinajstić information content (AvgIpc) is 2.53. The maximum Gasteiger partial charge on any atom is 0.208 e. The smallest absolute Gasteiger partial charge is 0.208 e. The lowest BCUT2D eigenvalue weighted by molar-refractivity contribution is 0.218. The van der Waals surface area contributed by atoms with Crippen LogP contribution in [-0.4, -0.2) is 43.8 Å². The number of hydrogen-bond acceptors (Lipinski definition) is 6. The van der Waals surface area contributed by atoms with E-state index in [1.165, 1.54) is 0 Å². The Bertz CT molecular complexity index is 252. The summed E-state index contributed by atoms with van der Waals surface area (Å²) in [6, 6.07) is 0. The van der Waals surface area contributed by atoms with Crippen molar-refractivity contribution in [3.05, 3.63) is 0 Å². The molecule has 0 atom stereocenters. The fraction of sp³-hybridized carbons (Fsp3) is 0.714. The molecule has 0 amide bonds. The van der Waals surface area contributed by atoms with E-state index in [1.807, 2.05) is 19.0 Å². The second-order valence-corrected chi connectivity index (χ2v) is 4.88. The van der Waals surface area contributed by atoms with E-state index in [9.17, 15) is 0 Å². The number of anilines is 1. The third-order valence-corrected chi connectivity index (χ3v) is 3.48. The summed E-state index contributed by atoms with van der Waals surface area (Å²) < 4.78 is 5.94. The number of methoxy groups -OCH3 is 1. The van der Waals surface area contributed by atoms with Gasteiger partial charge in [0.1, 0.15) is 0 Å². The molecule has 0 fully saturated rings. The minimum Gasteiger partial charge on any atom is -0.384 e. The molecule has 0 unspecified atom stereocenters. The minimum absolute atomic E-state index is 0.752. The summed E-state index contributed by atoms with van der Waals surface area (Å²) in [5, 5.41) is 9.02. The zero-order valence-corrected chi connectivity index (χ0v) is 9.61. The van der Waals surface area contributed by atoms with Crippen LogP contribution in [-0.2, 0) is 4.74 Å². The predicted molar refractivity (Wildman–Crippen MR) is 56.8 cm³/mol. The number of aromatic nitrogens is 2. The van der Waals surface area contributed by atoms with Crippen LogP contribution in [0.15, 0.2) is 4.34 Å². The van der Waals surface area contributed by atoms with Gasteiger partial charge in [0.2, 0.25) is 5.13 Å². The molecule has 0 saturated carbocycles. The van der Waals surface area contributed by atoms with Gasteiger partial charge in [-0.05, 0) is 0 Å². The molecule has 0 saturated heterocycles. The molecule has 13 heavy (non-hydrogen) atoms. The summed E-state index contributed by atoms with van der Waals surface area (Å²) in [4.78, 5) is 1.96. The maximum atomic E-state index is 4.94. The Morgan fingerprint density at radius 3 is 2.77 bits per heavy atom. The first kappa shape index (κ1) is 10.7. The summed E-state index contributed by atoms with van der Waals surface area (Å²) >= 11 is 3.28. The minimum atomic E-state index is 0.752. The largest absolute Gasteiger partial charge is 0.384 e. The number of ether oxygens (including phenoxy) is 1. The lowest BCUT2D eigenvalue weighted by Crippen LogP contribution is -2.07. The van der Waals surface area contributed by atoms with Crippen molar-refractivity contribution < 1.29 is 4.74 Å². The van der Waals surface area contributed by atoms with E-state index in [0.717, 1.165) is 21.8 Å². The molecule has 0 aliphatic carbocycles. The van der Waals surface area contributed by atoms with Crippen molar-refractivity contribution in [3.63, 3.8) is 0 Å². The first-order valence-corrected chi connectivity index (χ1v) is 5.67. The molecular weight excluding hydrogens is 206 g/mol. The first-order valence-electron chi connectivity index (χ1n) is 3.86. The van der Waals surface area contributed by atoms with Gasteiger partial charge in [0.15, 0.2) is 4.34 Å². The van der Waals surface area contributed by atoms with Crippen LogP contribution in [0.5, 0.6) is 0 Å². The van der Waals surface area contributed by atoms with Gasteiger partial charge in [-0.15, -0.1) is 10.2 Å². The summed E-state index contributed by atoms with van der Waals surface area (Å²) in [7, 11) is 5.63. The van der Waals surface area contributed by atoms with Crippen molar-refractivity contribution >= 4 is 28.2 Å². The molecule has 4 nitrogen and oxygen atoms in total. The molecule has 0 bridgehead atoms. The number of thioether (sulfide) groups is 1. The van der Waals surface area contributed by atoms with Gasteiger partial charge in [0.25, 0.3) is 0 Å². The highest BCUT2D eigenvalue weighted by Crippen LogP contribution is 2.26. The molecular formula is C7H13N3OS2. The number of nitrogens with zero attached hydrogens (tertiary/aromatic N) is 3. The maximum absolute atomic E-state index is 4.94. The lowest BCUT2D eigenvalue weighted by atomic mass is 10.9. The zero-order valence-electron chi connectivity index (χ0n) is 7.98. The Labute approximate surface area is 86.3 Å². The molecule has 1 aromatic heterocycles. The van der Waals surface area contributed by atoms with Gasteiger partial charge in [-0.2, -0.15) is 0 Å². The van der Waals surface area contributed by atoms with Gasteiger partial charge in [-0.25, -0.2) is 0 Å². The summed E-state index contributed by atoms with van der Waals surface area (Å²) in [5.74, 6) is 0.929. The highest BCUT2D eigenvalue weighted by Gasteiger charge is 2.05.